The molecule has 2 N–H and O–H groups in total. The molecule has 2 fully saturated rings. The summed E-state index contributed by atoms with van der Waals surface area (Å²) in [6.07, 6.45) is 4.61. The van der Waals surface area contributed by atoms with Crippen LogP contribution in [0.3, 0.4) is 0 Å². The summed E-state index contributed by atoms with van der Waals surface area (Å²) < 4.78 is 0. The molecular formula is C17H22N2O. The van der Waals surface area contributed by atoms with Gasteiger partial charge in [-0.2, -0.15) is 0 Å². The number of nitrogens with two attached hydrogens (primary N) is 1. The minimum absolute atomic E-state index is 0.0963. The average molecular weight is 270 g/mol. The zero-order valence-corrected chi connectivity index (χ0v) is 11.8. The maximum absolute atomic E-state index is 12.9. The molecule has 1 aliphatic heterocycles. The molecule has 4 atom stereocenters. The zero-order chi connectivity index (χ0) is 13.7. The summed E-state index contributed by atoms with van der Waals surface area (Å²) in [6, 6.07) is 8.59. The van der Waals surface area contributed by atoms with Gasteiger partial charge >= 0.3 is 0 Å². The Kier molecular flexibility index (Phi) is 2.84. The van der Waals surface area contributed by atoms with E-state index in [2.05, 4.69) is 24.3 Å². The standard InChI is InChI=1S/C17H22N2O/c18-16-13-6-5-12(9-13)15(16)17(20)19-8-7-11-3-1-2-4-14(11)10-19/h1-4,12-13,15-16H,5-10,18H2. The Morgan fingerprint density at radius 1 is 1.15 bits per heavy atom. The average Bonchev–Trinajstić information content (AvgIpc) is 3.07. The van der Waals surface area contributed by atoms with Crippen LogP contribution in [0.4, 0.5) is 0 Å². The van der Waals surface area contributed by atoms with Gasteiger partial charge in [0.05, 0.1) is 5.92 Å². The number of amides is 1. The van der Waals surface area contributed by atoms with E-state index in [4.69, 9.17) is 5.73 Å². The maximum Gasteiger partial charge on any atom is 0.227 e. The quantitative estimate of drug-likeness (QED) is 0.847. The van der Waals surface area contributed by atoms with Crippen molar-refractivity contribution in [2.75, 3.05) is 6.54 Å². The Bertz CT molecular complexity index is 540. The minimum atomic E-state index is 0.0963. The van der Waals surface area contributed by atoms with E-state index in [1.54, 1.807) is 0 Å². The zero-order valence-electron chi connectivity index (χ0n) is 11.8. The van der Waals surface area contributed by atoms with Crippen LogP contribution in [-0.2, 0) is 17.8 Å². The molecule has 106 valence electrons. The Hall–Kier alpha value is -1.35. The first-order valence-electron chi connectivity index (χ1n) is 7.85. The maximum atomic E-state index is 12.9. The van der Waals surface area contributed by atoms with Gasteiger partial charge in [-0.25, -0.2) is 0 Å². The van der Waals surface area contributed by atoms with E-state index in [9.17, 15) is 4.79 Å². The van der Waals surface area contributed by atoms with E-state index in [0.29, 0.717) is 17.7 Å². The number of fused-ring (bicyclic) bond motifs is 3. The first-order chi connectivity index (χ1) is 9.74. The van der Waals surface area contributed by atoms with Crippen molar-refractivity contribution >= 4 is 5.91 Å². The van der Waals surface area contributed by atoms with Crippen LogP contribution in [0.25, 0.3) is 0 Å². The lowest BCUT2D eigenvalue weighted by Gasteiger charge is -2.35. The number of rotatable bonds is 1. The molecule has 1 heterocycles. The van der Waals surface area contributed by atoms with Gasteiger partial charge in [-0.3, -0.25) is 4.79 Å². The molecule has 2 aliphatic carbocycles. The van der Waals surface area contributed by atoms with Gasteiger partial charge in [0.2, 0.25) is 5.91 Å². The number of hydrogen-bond acceptors (Lipinski definition) is 2. The fourth-order valence-corrected chi connectivity index (χ4v) is 4.60. The van der Waals surface area contributed by atoms with Crippen molar-refractivity contribution in [1.82, 2.24) is 4.90 Å². The van der Waals surface area contributed by atoms with Crippen LogP contribution in [0.5, 0.6) is 0 Å². The van der Waals surface area contributed by atoms with Crippen LogP contribution in [0.1, 0.15) is 30.4 Å². The molecule has 20 heavy (non-hydrogen) atoms. The molecule has 0 aromatic heterocycles. The lowest BCUT2D eigenvalue weighted by Crippen LogP contribution is -2.48. The molecule has 0 saturated heterocycles. The lowest BCUT2D eigenvalue weighted by molar-refractivity contribution is -0.138. The van der Waals surface area contributed by atoms with Crippen LogP contribution in [-0.4, -0.2) is 23.4 Å². The summed E-state index contributed by atoms with van der Waals surface area (Å²) in [5.41, 5.74) is 9.03. The molecule has 3 heteroatoms. The highest BCUT2D eigenvalue weighted by molar-refractivity contribution is 5.81. The first kappa shape index (κ1) is 12.4. The van der Waals surface area contributed by atoms with Crippen molar-refractivity contribution in [2.24, 2.45) is 23.5 Å². The molecule has 2 bridgehead atoms. The van der Waals surface area contributed by atoms with Gasteiger partial charge < -0.3 is 10.6 Å². The smallest absolute Gasteiger partial charge is 0.227 e. The molecule has 4 rings (SSSR count). The molecular weight excluding hydrogens is 248 g/mol. The highest BCUT2D eigenvalue weighted by Gasteiger charge is 2.50. The van der Waals surface area contributed by atoms with Crippen LogP contribution >= 0.6 is 0 Å². The summed E-state index contributed by atoms with van der Waals surface area (Å²) >= 11 is 0. The lowest BCUT2D eigenvalue weighted by atomic mass is 9.83. The SMILES string of the molecule is NC1C2CCC(C2)C1C(=O)N1CCc2ccccc2C1. The Balaban J connectivity index is 1.53. The van der Waals surface area contributed by atoms with Gasteiger partial charge in [0.15, 0.2) is 0 Å². The van der Waals surface area contributed by atoms with E-state index in [0.717, 1.165) is 19.5 Å². The van der Waals surface area contributed by atoms with E-state index in [1.807, 2.05) is 4.90 Å². The summed E-state index contributed by atoms with van der Waals surface area (Å²) in [4.78, 5) is 14.9. The third-order valence-corrected chi connectivity index (χ3v) is 5.71. The van der Waals surface area contributed by atoms with Crippen LogP contribution in [0, 0.1) is 17.8 Å². The molecule has 1 amide bonds. The second kappa shape index (κ2) is 4.59. The highest BCUT2D eigenvalue weighted by Crippen LogP contribution is 2.48. The van der Waals surface area contributed by atoms with Gasteiger partial charge in [0, 0.05) is 19.1 Å². The predicted molar refractivity (Wildman–Crippen MR) is 77.9 cm³/mol. The Labute approximate surface area is 120 Å². The van der Waals surface area contributed by atoms with Gasteiger partial charge in [-0.15, -0.1) is 0 Å². The largest absolute Gasteiger partial charge is 0.338 e. The molecule has 0 spiro atoms. The molecule has 0 radical (unpaired) electrons. The van der Waals surface area contributed by atoms with E-state index in [-0.39, 0.29) is 12.0 Å². The second-order valence-corrected chi connectivity index (χ2v) is 6.71. The fourth-order valence-electron chi connectivity index (χ4n) is 4.60. The number of benzene rings is 1. The van der Waals surface area contributed by atoms with Crippen LogP contribution < -0.4 is 5.73 Å². The number of nitrogens with zero attached hydrogens (tertiary/aromatic N) is 1. The number of hydrogen-bond donors (Lipinski definition) is 1. The number of carbonyl (C=O) groups excluding carboxylic acids is 1. The molecule has 4 unspecified atom stereocenters. The summed E-state index contributed by atoms with van der Waals surface area (Å²) in [6.45, 7) is 1.63. The van der Waals surface area contributed by atoms with Gasteiger partial charge in [0.1, 0.15) is 0 Å². The van der Waals surface area contributed by atoms with Gasteiger partial charge in [-0.1, -0.05) is 24.3 Å². The van der Waals surface area contributed by atoms with Crippen molar-refractivity contribution in [3.8, 4) is 0 Å². The second-order valence-electron chi connectivity index (χ2n) is 6.71. The molecule has 3 nitrogen and oxygen atoms in total. The van der Waals surface area contributed by atoms with Gasteiger partial charge in [0.25, 0.3) is 0 Å². The van der Waals surface area contributed by atoms with Crippen molar-refractivity contribution in [1.29, 1.82) is 0 Å². The third kappa shape index (κ3) is 1.80. The summed E-state index contributed by atoms with van der Waals surface area (Å²) in [5.74, 6) is 1.57. The van der Waals surface area contributed by atoms with Crippen molar-refractivity contribution in [3.05, 3.63) is 35.4 Å². The van der Waals surface area contributed by atoms with Crippen molar-refractivity contribution in [2.45, 2.75) is 38.3 Å². The van der Waals surface area contributed by atoms with E-state index in [1.165, 1.54) is 30.4 Å². The topological polar surface area (TPSA) is 46.3 Å². The molecule has 1 aromatic carbocycles. The fraction of sp³-hybridized carbons (Fsp3) is 0.588. The number of carbonyl (C=O) groups is 1. The summed E-state index contributed by atoms with van der Waals surface area (Å²) in [5, 5.41) is 0. The minimum Gasteiger partial charge on any atom is -0.338 e. The third-order valence-electron chi connectivity index (χ3n) is 5.71. The predicted octanol–water partition coefficient (Wildman–Crippen LogP) is 1.94. The van der Waals surface area contributed by atoms with Crippen molar-refractivity contribution in [3.63, 3.8) is 0 Å². The normalized spacial score (nSPS) is 35.1. The monoisotopic (exact) mass is 270 g/mol. The summed E-state index contributed by atoms with van der Waals surface area (Å²) in [7, 11) is 0. The van der Waals surface area contributed by atoms with E-state index >= 15 is 0 Å². The molecule has 2 saturated carbocycles. The van der Waals surface area contributed by atoms with Crippen molar-refractivity contribution < 1.29 is 4.79 Å². The molecule has 3 aliphatic rings. The van der Waals surface area contributed by atoms with E-state index < -0.39 is 0 Å². The van der Waals surface area contributed by atoms with Gasteiger partial charge in [-0.05, 0) is 48.6 Å². The first-order valence-corrected chi connectivity index (χ1v) is 7.85. The Morgan fingerprint density at radius 3 is 2.65 bits per heavy atom. The Morgan fingerprint density at radius 2 is 1.90 bits per heavy atom. The molecule has 1 aromatic rings. The van der Waals surface area contributed by atoms with Crippen LogP contribution in [0.2, 0.25) is 0 Å². The van der Waals surface area contributed by atoms with Crippen LogP contribution in [0.15, 0.2) is 24.3 Å². The highest BCUT2D eigenvalue weighted by atomic mass is 16.2.